The summed E-state index contributed by atoms with van der Waals surface area (Å²) < 4.78 is 28.3. The highest BCUT2D eigenvalue weighted by molar-refractivity contribution is 7.89. The second-order valence-corrected chi connectivity index (χ2v) is 7.02. The number of halogens is 2. The molecule has 0 unspecified atom stereocenters. The number of rotatable bonds is 2. The van der Waals surface area contributed by atoms with Crippen molar-refractivity contribution in [2.75, 3.05) is 6.54 Å². The third kappa shape index (κ3) is 2.31. The smallest absolute Gasteiger partial charge is 0.245 e. The molecule has 106 valence electrons. The van der Waals surface area contributed by atoms with E-state index in [1.54, 1.807) is 6.20 Å². The van der Waals surface area contributed by atoms with Gasteiger partial charge in [0.1, 0.15) is 15.9 Å². The van der Waals surface area contributed by atoms with Gasteiger partial charge in [0.25, 0.3) is 0 Å². The third-order valence-corrected chi connectivity index (χ3v) is 5.62. The molecule has 1 aliphatic rings. The Labute approximate surface area is 126 Å². The van der Waals surface area contributed by atoms with Crippen molar-refractivity contribution >= 4 is 33.2 Å². The highest BCUT2D eigenvalue weighted by Crippen LogP contribution is 2.26. The van der Waals surface area contributed by atoms with Crippen molar-refractivity contribution in [3.8, 4) is 0 Å². The van der Waals surface area contributed by atoms with Gasteiger partial charge in [0, 0.05) is 31.7 Å². The summed E-state index contributed by atoms with van der Waals surface area (Å²) in [6, 6.07) is 1.31. The fourth-order valence-corrected chi connectivity index (χ4v) is 3.74. The Kier molecular flexibility index (Phi) is 3.45. The molecule has 0 N–H and O–H groups in total. The Morgan fingerprint density at radius 1 is 1.20 bits per heavy atom. The van der Waals surface area contributed by atoms with Gasteiger partial charge in [-0.05, 0) is 6.07 Å². The van der Waals surface area contributed by atoms with E-state index in [1.807, 2.05) is 10.8 Å². The van der Waals surface area contributed by atoms with Gasteiger partial charge in [0.2, 0.25) is 10.0 Å². The summed E-state index contributed by atoms with van der Waals surface area (Å²) in [5.41, 5.74) is 0. The molecule has 2 aromatic rings. The van der Waals surface area contributed by atoms with E-state index in [1.165, 1.54) is 16.6 Å². The minimum Gasteiger partial charge on any atom is -0.333 e. The summed E-state index contributed by atoms with van der Waals surface area (Å²) >= 11 is 11.5. The monoisotopic (exact) mass is 332 g/mol. The Bertz CT molecular complexity index is 760. The number of nitrogens with zero attached hydrogens (tertiary/aromatic N) is 4. The van der Waals surface area contributed by atoms with E-state index in [0.29, 0.717) is 18.9 Å². The van der Waals surface area contributed by atoms with E-state index in [2.05, 4.69) is 9.97 Å². The molecule has 1 aliphatic heterocycles. The van der Waals surface area contributed by atoms with Crippen LogP contribution in [0.1, 0.15) is 5.82 Å². The molecule has 0 saturated heterocycles. The van der Waals surface area contributed by atoms with Crippen molar-refractivity contribution in [1.82, 2.24) is 18.8 Å². The molecule has 0 fully saturated rings. The SMILES string of the molecule is O=S(=O)(c1cnc(Cl)c(Cl)c1)N1CCn2ccnc2C1. The molecule has 0 aliphatic carbocycles. The van der Waals surface area contributed by atoms with Crippen LogP contribution in [-0.4, -0.2) is 33.8 Å². The molecule has 0 amide bonds. The average molecular weight is 333 g/mol. The lowest BCUT2D eigenvalue weighted by Gasteiger charge is -2.26. The summed E-state index contributed by atoms with van der Waals surface area (Å²) in [4.78, 5) is 7.95. The predicted molar refractivity (Wildman–Crippen MR) is 74.1 cm³/mol. The standard InChI is InChI=1S/C11H10Cl2N4O2S/c12-9-5-8(6-15-11(9)13)20(18,19)17-4-3-16-2-1-14-10(16)7-17/h1-2,5-6H,3-4,7H2. The lowest BCUT2D eigenvalue weighted by molar-refractivity contribution is 0.335. The molecule has 6 nitrogen and oxygen atoms in total. The second-order valence-electron chi connectivity index (χ2n) is 4.32. The van der Waals surface area contributed by atoms with Crippen LogP contribution in [0.15, 0.2) is 29.6 Å². The normalized spacial score (nSPS) is 16.1. The van der Waals surface area contributed by atoms with Gasteiger partial charge in [0.05, 0.1) is 11.6 Å². The molecule has 0 saturated carbocycles. The summed E-state index contributed by atoms with van der Waals surface area (Å²) in [5, 5.41) is 0.200. The first kappa shape index (κ1) is 13.8. The van der Waals surface area contributed by atoms with Crippen LogP contribution in [0.2, 0.25) is 10.2 Å². The number of imidazole rings is 1. The average Bonchev–Trinajstić information content (AvgIpc) is 2.89. The minimum atomic E-state index is -3.65. The van der Waals surface area contributed by atoms with Crippen LogP contribution >= 0.6 is 23.2 Å². The molecular formula is C11H10Cl2N4O2S. The molecule has 0 spiro atoms. The highest BCUT2D eigenvalue weighted by Gasteiger charge is 2.29. The summed E-state index contributed by atoms with van der Waals surface area (Å²) in [6.07, 6.45) is 4.71. The van der Waals surface area contributed by atoms with Crippen LogP contribution in [0.4, 0.5) is 0 Å². The number of hydrogen-bond acceptors (Lipinski definition) is 4. The molecule has 2 aromatic heterocycles. The van der Waals surface area contributed by atoms with Gasteiger partial charge in [0.15, 0.2) is 0 Å². The number of aromatic nitrogens is 3. The molecule has 0 bridgehead atoms. The number of pyridine rings is 1. The van der Waals surface area contributed by atoms with Gasteiger partial charge in [-0.25, -0.2) is 18.4 Å². The van der Waals surface area contributed by atoms with Gasteiger partial charge in [-0.3, -0.25) is 0 Å². The first-order chi connectivity index (χ1) is 9.48. The molecule has 3 rings (SSSR count). The van der Waals surface area contributed by atoms with Gasteiger partial charge in [-0.1, -0.05) is 23.2 Å². The lowest BCUT2D eigenvalue weighted by Crippen LogP contribution is -2.38. The predicted octanol–water partition coefficient (Wildman–Crippen LogP) is 1.79. The zero-order valence-corrected chi connectivity index (χ0v) is 12.5. The van der Waals surface area contributed by atoms with Crippen molar-refractivity contribution in [2.24, 2.45) is 0 Å². The van der Waals surface area contributed by atoms with E-state index >= 15 is 0 Å². The van der Waals surface area contributed by atoms with Crippen LogP contribution in [0.3, 0.4) is 0 Å². The molecule has 0 atom stereocenters. The van der Waals surface area contributed by atoms with Crippen molar-refractivity contribution in [3.63, 3.8) is 0 Å². The van der Waals surface area contributed by atoms with E-state index in [0.717, 1.165) is 0 Å². The van der Waals surface area contributed by atoms with Crippen LogP contribution in [0.5, 0.6) is 0 Å². The lowest BCUT2D eigenvalue weighted by atomic mass is 10.4. The fourth-order valence-electron chi connectivity index (χ4n) is 2.05. The van der Waals surface area contributed by atoms with E-state index < -0.39 is 10.0 Å². The van der Waals surface area contributed by atoms with Crippen LogP contribution in [0, 0.1) is 0 Å². The zero-order chi connectivity index (χ0) is 14.3. The number of sulfonamides is 1. The third-order valence-electron chi connectivity index (χ3n) is 3.12. The fraction of sp³-hybridized carbons (Fsp3) is 0.273. The molecular weight excluding hydrogens is 323 g/mol. The summed E-state index contributed by atoms with van der Waals surface area (Å²) in [6.45, 7) is 1.19. The topological polar surface area (TPSA) is 68.1 Å². The van der Waals surface area contributed by atoms with Gasteiger partial charge >= 0.3 is 0 Å². The second kappa shape index (κ2) is 5.00. The zero-order valence-electron chi connectivity index (χ0n) is 10.2. The molecule has 0 radical (unpaired) electrons. The maximum Gasteiger partial charge on any atom is 0.245 e. The molecule has 0 aromatic carbocycles. The summed E-state index contributed by atoms with van der Waals surface area (Å²) in [7, 11) is -3.65. The number of fused-ring (bicyclic) bond motifs is 1. The van der Waals surface area contributed by atoms with E-state index in [9.17, 15) is 8.42 Å². The van der Waals surface area contributed by atoms with Gasteiger partial charge in [-0.2, -0.15) is 4.31 Å². The van der Waals surface area contributed by atoms with E-state index in [4.69, 9.17) is 23.2 Å². The highest BCUT2D eigenvalue weighted by atomic mass is 35.5. The Hall–Kier alpha value is -1.15. The van der Waals surface area contributed by atoms with Crippen molar-refractivity contribution in [1.29, 1.82) is 0 Å². The largest absolute Gasteiger partial charge is 0.333 e. The van der Waals surface area contributed by atoms with Gasteiger partial charge in [-0.15, -0.1) is 0 Å². The minimum absolute atomic E-state index is 0.0342. The Morgan fingerprint density at radius 2 is 2.00 bits per heavy atom. The van der Waals surface area contributed by atoms with Crippen LogP contribution in [-0.2, 0) is 23.1 Å². The first-order valence-electron chi connectivity index (χ1n) is 5.80. The Morgan fingerprint density at radius 3 is 2.75 bits per heavy atom. The molecule has 9 heteroatoms. The molecule has 20 heavy (non-hydrogen) atoms. The molecule has 3 heterocycles. The van der Waals surface area contributed by atoms with Crippen molar-refractivity contribution in [3.05, 3.63) is 40.7 Å². The van der Waals surface area contributed by atoms with Crippen molar-refractivity contribution < 1.29 is 8.42 Å². The quantitative estimate of drug-likeness (QED) is 0.786. The van der Waals surface area contributed by atoms with Crippen molar-refractivity contribution in [2.45, 2.75) is 18.0 Å². The van der Waals surface area contributed by atoms with Crippen LogP contribution in [0.25, 0.3) is 0 Å². The summed E-state index contributed by atoms with van der Waals surface area (Å²) in [5.74, 6) is 0.716. The van der Waals surface area contributed by atoms with Crippen LogP contribution < -0.4 is 0 Å². The first-order valence-corrected chi connectivity index (χ1v) is 7.99. The maximum atomic E-state index is 12.5. The van der Waals surface area contributed by atoms with Gasteiger partial charge < -0.3 is 4.57 Å². The van der Waals surface area contributed by atoms with E-state index in [-0.39, 0.29) is 21.6 Å². The Balaban J connectivity index is 1.95. The maximum absolute atomic E-state index is 12.5. The number of hydrogen-bond donors (Lipinski definition) is 0.